The summed E-state index contributed by atoms with van der Waals surface area (Å²) in [5, 5.41) is 0. The van der Waals surface area contributed by atoms with Gasteiger partial charge >= 0.3 is 0 Å². The molecular formula is C15H16FN3. The lowest BCUT2D eigenvalue weighted by atomic mass is 9.98. The average Bonchev–Trinajstić information content (AvgIpc) is 2.40. The molecule has 0 bridgehead atoms. The predicted octanol–water partition coefficient (Wildman–Crippen LogP) is 2.36. The number of fused-ring (bicyclic) bond motifs is 1. The van der Waals surface area contributed by atoms with E-state index in [-0.39, 0.29) is 5.82 Å². The van der Waals surface area contributed by atoms with E-state index < -0.39 is 0 Å². The van der Waals surface area contributed by atoms with Crippen LogP contribution in [0, 0.1) is 5.82 Å². The summed E-state index contributed by atoms with van der Waals surface area (Å²) in [5.74, 6) is -0.283. The van der Waals surface area contributed by atoms with Crippen LogP contribution in [0.1, 0.15) is 16.7 Å². The maximum absolute atomic E-state index is 13.1. The largest absolute Gasteiger partial charge is 0.398 e. The number of anilines is 1. The second kappa shape index (κ2) is 4.97. The van der Waals surface area contributed by atoms with Crippen LogP contribution in [0.25, 0.3) is 0 Å². The van der Waals surface area contributed by atoms with Crippen LogP contribution in [0.15, 0.2) is 36.7 Å². The van der Waals surface area contributed by atoms with E-state index in [4.69, 9.17) is 5.73 Å². The van der Waals surface area contributed by atoms with E-state index in [1.807, 2.05) is 12.1 Å². The minimum absolute atomic E-state index is 0.283. The zero-order chi connectivity index (χ0) is 13.2. The Morgan fingerprint density at radius 3 is 3.05 bits per heavy atom. The molecule has 19 heavy (non-hydrogen) atoms. The Hall–Kier alpha value is -1.94. The van der Waals surface area contributed by atoms with Crippen LogP contribution in [0.5, 0.6) is 0 Å². The van der Waals surface area contributed by atoms with Gasteiger partial charge in [0, 0.05) is 31.5 Å². The number of nitrogens with zero attached hydrogens (tertiary/aromatic N) is 2. The summed E-state index contributed by atoms with van der Waals surface area (Å²) in [7, 11) is 0. The van der Waals surface area contributed by atoms with Gasteiger partial charge in [0.25, 0.3) is 0 Å². The van der Waals surface area contributed by atoms with Crippen molar-refractivity contribution in [3.05, 3.63) is 59.2 Å². The molecule has 4 heteroatoms. The van der Waals surface area contributed by atoms with E-state index in [0.29, 0.717) is 6.54 Å². The number of halogens is 1. The third-order valence-electron chi connectivity index (χ3n) is 3.56. The van der Waals surface area contributed by atoms with Gasteiger partial charge in [0.05, 0.1) is 6.20 Å². The number of nitrogen functional groups attached to an aromatic ring is 1. The second-order valence-corrected chi connectivity index (χ2v) is 4.96. The summed E-state index contributed by atoms with van der Waals surface area (Å²) >= 11 is 0. The van der Waals surface area contributed by atoms with Crippen molar-refractivity contribution in [2.75, 3.05) is 12.3 Å². The molecule has 0 fully saturated rings. The van der Waals surface area contributed by atoms with Crippen LogP contribution in [0.4, 0.5) is 10.1 Å². The van der Waals surface area contributed by atoms with Gasteiger partial charge < -0.3 is 5.73 Å². The molecule has 0 atom stereocenters. The van der Waals surface area contributed by atoms with Gasteiger partial charge in [0.2, 0.25) is 0 Å². The Morgan fingerprint density at radius 2 is 2.21 bits per heavy atom. The monoisotopic (exact) mass is 257 g/mol. The Balaban J connectivity index is 1.77. The van der Waals surface area contributed by atoms with Crippen molar-refractivity contribution in [1.29, 1.82) is 0 Å². The maximum atomic E-state index is 13.1. The van der Waals surface area contributed by atoms with Gasteiger partial charge in [-0.2, -0.15) is 0 Å². The molecule has 1 aliphatic rings. The Morgan fingerprint density at radius 1 is 1.32 bits per heavy atom. The summed E-state index contributed by atoms with van der Waals surface area (Å²) in [4.78, 5) is 6.16. The molecule has 0 spiro atoms. The molecule has 2 heterocycles. The van der Waals surface area contributed by atoms with Gasteiger partial charge in [-0.3, -0.25) is 9.88 Å². The van der Waals surface area contributed by atoms with Crippen LogP contribution in [-0.4, -0.2) is 16.4 Å². The molecule has 2 N–H and O–H groups in total. The number of hydrogen-bond donors (Lipinski definition) is 1. The van der Waals surface area contributed by atoms with Gasteiger partial charge in [-0.25, -0.2) is 4.39 Å². The molecule has 0 radical (unpaired) electrons. The average molecular weight is 257 g/mol. The number of nitrogens with two attached hydrogens (primary N) is 1. The number of hydrogen-bond acceptors (Lipinski definition) is 3. The van der Waals surface area contributed by atoms with Crippen molar-refractivity contribution in [1.82, 2.24) is 9.88 Å². The molecular weight excluding hydrogens is 241 g/mol. The number of aromatic nitrogens is 1. The Kier molecular flexibility index (Phi) is 3.17. The van der Waals surface area contributed by atoms with Crippen molar-refractivity contribution < 1.29 is 4.39 Å². The fourth-order valence-corrected chi connectivity index (χ4v) is 2.60. The molecule has 98 valence electrons. The summed E-state index contributed by atoms with van der Waals surface area (Å²) in [6.45, 7) is 2.49. The predicted molar refractivity (Wildman–Crippen MR) is 72.9 cm³/mol. The molecule has 0 unspecified atom stereocenters. The zero-order valence-electron chi connectivity index (χ0n) is 10.6. The molecule has 0 saturated carbocycles. The highest BCUT2D eigenvalue weighted by Crippen LogP contribution is 2.25. The van der Waals surface area contributed by atoms with E-state index in [2.05, 4.69) is 16.0 Å². The normalized spacial score (nSPS) is 15.2. The summed E-state index contributed by atoms with van der Waals surface area (Å²) < 4.78 is 13.1. The van der Waals surface area contributed by atoms with Crippen molar-refractivity contribution >= 4 is 5.69 Å². The van der Waals surface area contributed by atoms with Gasteiger partial charge in [-0.15, -0.1) is 0 Å². The lowest BCUT2D eigenvalue weighted by molar-refractivity contribution is 0.245. The van der Waals surface area contributed by atoms with Gasteiger partial charge in [-0.05, 0) is 35.2 Å². The maximum Gasteiger partial charge on any atom is 0.141 e. The minimum Gasteiger partial charge on any atom is -0.398 e. The Bertz CT molecular complexity index is 598. The van der Waals surface area contributed by atoms with Crippen molar-refractivity contribution in [2.24, 2.45) is 0 Å². The minimum atomic E-state index is -0.283. The van der Waals surface area contributed by atoms with Crippen molar-refractivity contribution in [3.63, 3.8) is 0 Å². The first-order valence-electron chi connectivity index (χ1n) is 6.40. The SMILES string of the molecule is Nc1cccc2c1CN(Cc1cncc(F)c1)CC2. The van der Waals surface area contributed by atoms with E-state index in [9.17, 15) is 4.39 Å². The topological polar surface area (TPSA) is 42.1 Å². The first kappa shape index (κ1) is 12.1. The fraction of sp³-hybridized carbons (Fsp3) is 0.267. The second-order valence-electron chi connectivity index (χ2n) is 4.96. The Labute approximate surface area is 111 Å². The van der Waals surface area contributed by atoms with E-state index >= 15 is 0 Å². The molecule has 3 rings (SSSR count). The van der Waals surface area contributed by atoms with Gasteiger partial charge in [0.1, 0.15) is 5.82 Å². The van der Waals surface area contributed by atoms with Crippen molar-refractivity contribution in [3.8, 4) is 0 Å². The van der Waals surface area contributed by atoms with E-state index in [1.165, 1.54) is 23.4 Å². The molecule has 2 aromatic rings. The smallest absolute Gasteiger partial charge is 0.141 e. The third kappa shape index (κ3) is 2.58. The van der Waals surface area contributed by atoms with Crippen LogP contribution in [0.3, 0.4) is 0 Å². The lowest BCUT2D eigenvalue weighted by Crippen LogP contribution is -2.30. The highest BCUT2D eigenvalue weighted by atomic mass is 19.1. The van der Waals surface area contributed by atoms with Gasteiger partial charge in [0.15, 0.2) is 0 Å². The first-order valence-corrected chi connectivity index (χ1v) is 6.40. The standard InChI is InChI=1S/C15H16FN3/c16-13-6-11(7-18-8-13)9-19-5-4-12-2-1-3-15(17)14(12)10-19/h1-3,6-8H,4-5,9-10,17H2. The van der Waals surface area contributed by atoms with Crippen LogP contribution in [0.2, 0.25) is 0 Å². The highest BCUT2D eigenvalue weighted by molar-refractivity contribution is 5.51. The van der Waals surface area contributed by atoms with Crippen LogP contribution < -0.4 is 5.73 Å². The quantitative estimate of drug-likeness (QED) is 0.840. The van der Waals surface area contributed by atoms with Gasteiger partial charge in [-0.1, -0.05) is 12.1 Å². The molecule has 1 aromatic carbocycles. The molecule has 0 saturated heterocycles. The van der Waals surface area contributed by atoms with Crippen LogP contribution in [-0.2, 0) is 19.5 Å². The van der Waals surface area contributed by atoms with Crippen molar-refractivity contribution in [2.45, 2.75) is 19.5 Å². The van der Waals surface area contributed by atoms with Crippen LogP contribution >= 0.6 is 0 Å². The lowest BCUT2D eigenvalue weighted by Gasteiger charge is -2.29. The fourth-order valence-electron chi connectivity index (χ4n) is 2.60. The molecule has 3 nitrogen and oxygen atoms in total. The zero-order valence-corrected chi connectivity index (χ0v) is 10.6. The number of benzene rings is 1. The number of pyridine rings is 1. The molecule has 1 aliphatic heterocycles. The third-order valence-corrected chi connectivity index (χ3v) is 3.56. The number of rotatable bonds is 2. The molecule has 0 aliphatic carbocycles. The summed E-state index contributed by atoms with van der Waals surface area (Å²) in [5.41, 5.74) is 10.3. The first-order chi connectivity index (χ1) is 9.22. The summed E-state index contributed by atoms with van der Waals surface area (Å²) in [6, 6.07) is 7.61. The van der Waals surface area contributed by atoms with E-state index in [0.717, 1.165) is 30.8 Å². The molecule has 0 amide bonds. The summed E-state index contributed by atoms with van der Waals surface area (Å²) in [6.07, 6.45) is 3.93. The molecule has 1 aromatic heterocycles. The highest BCUT2D eigenvalue weighted by Gasteiger charge is 2.18. The van der Waals surface area contributed by atoms with E-state index in [1.54, 1.807) is 6.20 Å².